The van der Waals surface area contributed by atoms with Crippen LogP contribution in [0, 0.1) is 13.8 Å². The zero-order chi connectivity index (χ0) is 17.9. The average molecular weight is 350 g/mol. The van der Waals surface area contributed by atoms with Gasteiger partial charge in [-0.3, -0.25) is 4.79 Å². The van der Waals surface area contributed by atoms with Gasteiger partial charge in [-0.2, -0.15) is 5.10 Å². The maximum absolute atomic E-state index is 12.7. The predicted octanol–water partition coefficient (Wildman–Crippen LogP) is 2.78. The van der Waals surface area contributed by atoms with Crippen molar-refractivity contribution in [2.24, 2.45) is 5.73 Å². The van der Waals surface area contributed by atoms with Crippen molar-refractivity contribution in [1.82, 2.24) is 20.1 Å². The maximum Gasteiger partial charge on any atom is 0.271 e. The second-order valence-electron chi connectivity index (χ2n) is 5.98. The van der Waals surface area contributed by atoms with Crippen molar-refractivity contribution in [3.05, 3.63) is 40.3 Å². The van der Waals surface area contributed by atoms with Crippen LogP contribution in [0.1, 0.15) is 48.6 Å². The van der Waals surface area contributed by atoms with Crippen molar-refractivity contribution in [2.75, 3.05) is 6.54 Å². The summed E-state index contributed by atoms with van der Waals surface area (Å²) in [5.41, 5.74) is 7.41. The van der Waals surface area contributed by atoms with Crippen molar-refractivity contribution in [2.45, 2.75) is 46.1 Å². The van der Waals surface area contributed by atoms with Gasteiger partial charge in [-0.15, -0.1) is 0 Å². The van der Waals surface area contributed by atoms with Crippen molar-refractivity contribution >= 4 is 17.5 Å². The molecule has 1 amide bonds. The van der Waals surface area contributed by atoms with Gasteiger partial charge in [0.05, 0.1) is 16.3 Å². The fourth-order valence-corrected chi connectivity index (χ4v) is 2.83. The fraction of sp³-hybridized carbons (Fsp3) is 0.471. The Labute approximate surface area is 147 Å². The van der Waals surface area contributed by atoms with E-state index in [2.05, 4.69) is 15.4 Å². The number of nitrogens with zero attached hydrogens (tertiary/aromatic N) is 3. The molecule has 24 heavy (non-hydrogen) atoms. The summed E-state index contributed by atoms with van der Waals surface area (Å²) in [7, 11) is 0. The first-order chi connectivity index (χ1) is 11.4. The zero-order valence-electron chi connectivity index (χ0n) is 14.6. The third-order valence-corrected chi connectivity index (χ3v) is 4.70. The van der Waals surface area contributed by atoms with Gasteiger partial charge in [-0.05, 0) is 44.9 Å². The third kappa shape index (κ3) is 3.60. The lowest BCUT2D eigenvalue weighted by Gasteiger charge is -2.31. The van der Waals surface area contributed by atoms with Crippen molar-refractivity contribution in [3.8, 4) is 5.82 Å². The molecule has 2 aromatic heterocycles. The molecule has 0 fully saturated rings. The van der Waals surface area contributed by atoms with Crippen molar-refractivity contribution in [1.29, 1.82) is 0 Å². The minimum Gasteiger partial charge on any atom is -0.344 e. The summed E-state index contributed by atoms with van der Waals surface area (Å²) in [6.45, 7) is 8.20. The first-order valence-corrected chi connectivity index (χ1v) is 8.46. The Balaban J connectivity index is 2.38. The summed E-state index contributed by atoms with van der Waals surface area (Å²) in [6.07, 6.45) is 1.47. The molecule has 0 aliphatic heterocycles. The van der Waals surface area contributed by atoms with Crippen LogP contribution in [0.2, 0.25) is 5.02 Å². The molecule has 0 radical (unpaired) electrons. The number of nitrogens with one attached hydrogen (secondary N) is 1. The van der Waals surface area contributed by atoms with E-state index in [1.54, 1.807) is 16.8 Å². The number of aromatic nitrogens is 3. The van der Waals surface area contributed by atoms with E-state index >= 15 is 0 Å². The van der Waals surface area contributed by atoms with Crippen molar-refractivity contribution < 1.29 is 4.79 Å². The number of nitrogens with two attached hydrogens (primary N) is 1. The Morgan fingerprint density at radius 1 is 1.33 bits per heavy atom. The molecule has 0 saturated carbocycles. The van der Waals surface area contributed by atoms with E-state index in [0.717, 1.165) is 24.2 Å². The molecule has 130 valence electrons. The summed E-state index contributed by atoms with van der Waals surface area (Å²) in [4.78, 5) is 17.1. The van der Waals surface area contributed by atoms with Gasteiger partial charge in [0.2, 0.25) is 0 Å². The lowest BCUT2D eigenvalue weighted by Crippen LogP contribution is -2.53. The van der Waals surface area contributed by atoms with Crippen LogP contribution < -0.4 is 11.1 Å². The van der Waals surface area contributed by atoms with Crippen LogP contribution in [-0.2, 0) is 0 Å². The van der Waals surface area contributed by atoms with Gasteiger partial charge in [-0.25, -0.2) is 9.67 Å². The van der Waals surface area contributed by atoms with Gasteiger partial charge in [-0.1, -0.05) is 25.4 Å². The fourth-order valence-electron chi connectivity index (χ4n) is 2.64. The van der Waals surface area contributed by atoms with Gasteiger partial charge in [0.25, 0.3) is 5.91 Å². The average Bonchev–Trinajstić information content (AvgIpc) is 2.91. The molecule has 0 aliphatic carbocycles. The normalized spacial score (nSPS) is 11.6. The highest BCUT2D eigenvalue weighted by atomic mass is 35.5. The second kappa shape index (κ2) is 7.32. The number of hydrogen-bond acceptors (Lipinski definition) is 4. The standard InChI is InChI=1S/C17H24ClN5O/c1-5-17(6-2,10-19)21-16(24)15-13(18)7-8-14(20-15)23-12(4)9-11(3)22-23/h7-9H,5-6,10,19H2,1-4H3,(H,21,24). The Kier molecular flexibility index (Phi) is 5.62. The monoisotopic (exact) mass is 349 g/mol. The lowest BCUT2D eigenvalue weighted by atomic mass is 9.93. The highest BCUT2D eigenvalue weighted by molar-refractivity contribution is 6.33. The van der Waals surface area contributed by atoms with Crippen LogP contribution in [-0.4, -0.2) is 32.8 Å². The predicted molar refractivity (Wildman–Crippen MR) is 95.7 cm³/mol. The van der Waals surface area contributed by atoms with E-state index in [9.17, 15) is 4.79 Å². The molecule has 2 rings (SSSR count). The first kappa shape index (κ1) is 18.4. The molecule has 6 nitrogen and oxygen atoms in total. The summed E-state index contributed by atoms with van der Waals surface area (Å²) in [6, 6.07) is 5.36. The van der Waals surface area contributed by atoms with E-state index < -0.39 is 5.54 Å². The summed E-state index contributed by atoms with van der Waals surface area (Å²) in [5.74, 6) is 0.235. The summed E-state index contributed by atoms with van der Waals surface area (Å²) < 4.78 is 1.69. The molecule has 0 unspecified atom stereocenters. The van der Waals surface area contributed by atoms with E-state index in [1.807, 2.05) is 33.8 Å². The highest BCUT2D eigenvalue weighted by Gasteiger charge is 2.28. The molecule has 0 bridgehead atoms. The van der Waals surface area contributed by atoms with E-state index in [-0.39, 0.29) is 11.6 Å². The molecule has 0 saturated heterocycles. The van der Waals surface area contributed by atoms with Gasteiger partial charge < -0.3 is 11.1 Å². The third-order valence-electron chi connectivity index (χ3n) is 4.40. The summed E-state index contributed by atoms with van der Waals surface area (Å²) in [5, 5.41) is 7.69. The van der Waals surface area contributed by atoms with E-state index in [4.69, 9.17) is 17.3 Å². The molecule has 0 spiro atoms. The number of carbonyl (C=O) groups is 1. The van der Waals surface area contributed by atoms with Crippen LogP contribution in [0.5, 0.6) is 0 Å². The molecule has 0 atom stereocenters. The number of rotatable bonds is 6. The molecule has 0 aromatic carbocycles. The smallest absolute Gasteiger partial charge is 0.271 e. The van der Waals surface area contributed by atoms with Crippen LogP contribution in [0.4, 0.5) is 0 Å². The molecule has 2 heterocycles. The molecule has 0 aliphatic rings. The van der Waals surface area contributed by atoms with Gasteiger partial charge >= 0.3 is 0 Å². The number of aryl methyl sites for hydroxylation is 2. The van der Waals surface area contributed by atoms with Gasteiger partial charge in [0, 0.05) is 12.2 Å². The van der Waals surface area contributed by atoms with Crippen LogP contribution in [0.3, 0.4) is 0 Å². The Hall–Kier alpha value is -1.92. The van der Waals surface area contributed by atoms with Crippen LogP contribution >= 0.6 is 11.6 Å². The minimum absolute atomic E-state index is 0.182. The zero-order valence-corrected chi connectivity index (χ0v) is 15.3. The maximum atomic E-state index is 12.7. The molecular weight excluding hydrogens is 326 g/mol. The molecule has 2 aromatic rings. The topological polar surface area (TPSA) is 85.8 Å². The lowest BCUT2D eigenvalue weighted by molar-refractivity contribution is 0.0890. The van der Waals surface area contributed by atoms with Crippen LogP contribution in [0.15, 0.2) is 18.2 Å². The Bertz CT molecular complexity index is 728. The highest BCUT2D eigenvalue weighted by Crippen LogP contribution is 2.20. The quantitative estimate of drug-likeness (QED) is 0.839. The largest absolute Gasteiger partial charge is 0.344 e. The Morgan fingerprint density at radius 3 is 2.50 bits per heavy atom. The van der Waals surface area contributed by atoms with Crippen molar-refractivity contribution in [3.63, 3.8) is 0 Å². The molecule has 3 N–H and O–H groups in total. The second-order valence-corrected chi connectivity index (χ2v) is 6.39. The summed E-state index contributed by atoms with van der Waals surface area (Å²) >= 11 is 6.20. The molecule has 7 heteroatoms. The number of amides is 1. The number of halogens is 1. The minimum atomic E-state index is -0.448. The van der Waals surface area contributed by atoms with Gasteiger partial charge in [0.15, 0.2) is 5.82 Å². The van der Waals surface area contributed by atoms with E-state index in [0.29, 0.717) is 17.4 Å². The Morgan fingerprint density at radius 2 is 2.00 bits per heavy atom. The SMILES string of the molecule is CCC(CC)(CN)NC(=O)c1nc(-n2nc(C)cc2C)ccc1Cl. The molecular formula is C17H24ClN5O. The number of pyridine rings is 1. The van der Waals surface area contributed by atoms with Crippen LogP contribution in [0.25, 0.3) is 5.82 Å². The number of hydrogen-bond donors (Lipinski definition) is 2. The van der Waals surface area contributed by atoms with E-state index in [1.165, 1.54) is 0 Å². The first-order valence-electron chi connectivity index (χ1n) is 8.08. The number of carbonyl (C=O) groups excluding carboxylic acids is 1. The van der Waals surface area contributed by atoms with Gasteiger partial charge in [0.1, 0.15) is 5.69 Å².